The standard InChI is InChI=1S/C16H21N3O3/c1-11-17-18-16(22-11)10-19-5-4-12(9-19)13-6-14(20-2)8-15(7-13)21-3/h6-8,12H,4-5,9-10H2,1-3H3/t12-/m1/s1. The lowest BCUT2D eigenvalue weighted by Crippen LogP contribution is -2.20. The van der Waals surface area contributed by atoms with E-state index in [1.54, 1.807) is 14.2 Å². The summed E-state index contributed by atoms with van der Waals surface area (Å²) in [6, 6.07) is 6.08. The van der Waals surface area contributed by atoms with Gasteiger partial charge in [-0.3, -0.25) is 4.90 Å². The van der Waals surface area contributed by atoms with Gasteiger partial charge in [-0.25, -0.2) is 0 Å². The maximum Gasteiger partial charge on any atom is 0.230 e. The summed E-state index contributed by atoms with van der Waals surface area (Å²) in [4.78, 5) is 2.34. The zero-order valence-corrected chi connectivity index (χ0v) is 13.2. The van der Waals surface area contributed by atoms with Crippen LogP contribution in [0.4, 0.5) is 0 Å². The van der Waals surface area contributed by atoms with E-state index in [1.807, 2.05) is 13.0 Å². The number of rotatable bonds is 5. The van der Waals surface area contributed by atoms with Crippen molar-refractivity contribution in [2.45, 2.75) is 25.8 Å². The van der Waals surface area contributed by atoms with Gasteiger partial charge in [0.15, 0.2) is 0 Å². The molecule has 2 aromatic rings. The highest BCUT2D eigenvalue weighted by Gasteiger charge is 2.26. The van der Waals surface area contributed by atoms with Crippen LogP contribution in [0.2, 0.25) is 0 Å². The van der Waals surface area contributed by atoms with Crippen LogP contribution < -0.4 is 9.47 Å². The fraction of sp³-hybridized carbons (Fsp3) is 0.500. The van der Waals surface area contributed by atoms with Crippen LogP contribution in [0, 0.1) is 6.92 Å². The maximum absolute atomic E-state index is 5.46. The molecule has 6 nitrogen and oxygen atoms in total. The second-order valence-corrected chi connectivity index (χ2v) is 5.58. The van der Waals surface area contributed by atoms with Gasteiger partial charge < -0.3 is 13.9 Å². The molecule has 3 rings (SSSR count). The van der Waals surface area contributed by atoms with E-state index >= 15 is 0 Å². The van der Waals surface area contributed by atoms with Crippen molar-refractivity contribution in [1.82, 2.24) is 15.1 Å². The Balaban J connectivity index is 1.69. The lowest BCUT2D eigenvalue weighted by Gasteiger charge is -2.15. The normalized spacial score (nSPS) is 18.6. The molecule has 22 heavy (non-hydrogen) atoms. The highest BCUT2D eigenvalue weighted by molar-refractivity contribution is 5.40. The lowest BCUT2D eigenvalue weighted by molar-refractivity contribution is 0.284. The second kappa shape index (κ2) is 6.36. The number of hydrogen-bond donors (Lipinski definition) is 0. The van der Waals surface area contributed by atoms with Crippen molar-refractivity contribution >= 4 is 0 Å². The summed E-state index contributed by atoms with van der Waals surface area (Å²) in [7, 11) is 3.36. The van der Waals surface area contributed by atoms with Gasteiger partial charge in [0.25, 0.3) is 0 Å². The molecule has 118 valence electrons. The molecule has 1 aliphatic heterocycles. The molecule has 1 aromatic heterocycles. The Bertz CT molecular complexity index is 619. The van der Waals surface area contributed by atoms with Gasteiger partial charge in [0, 0.05) is 19.5 Å². The number of aromatic nitrogens is 2. The summed E-state index contributed by atoms with van der Waals surface area (Å²) < 4.78 is 16.2. The van der Waals surface area contributed by atoms with E-state index in [0.717, 1.165) is 31.0 Å². The third kappa shape index (κ3) is 3.22. The van der Waals surface area contributed by atoms with Crippen molar-refractivity contribution in [3.8, 4) is 11.5 Å². The van der Waals surface area contributed by atoms with Crippen LogP contribution in [0.5, 0.6) is 11.5 Å². The molecule has 2 heterocycles. The van der Waals surface area contributed by atoms with Crippen LogP contribution in [0.15, 0.2) is 22.6 Å². The minimum atomic E-state index is 0.466. The summed E-state index contributed by atoms with van der Waals surface area (Å²) in [6.07, 6.45) is 1.10. The monoisotopic (exact) mass is 303 g/mol. The average Bonchev–Trinajstić information content (AvgIpc) is 3.16. The zero-order valence-electron chi connectivity index (χ0n) is 13.2. The third-order valence-electron chi connectivity index (χ3n) is 4.04. The number of nitrogens with zero attached hydrogens (tertiary/aromatic N) is 3. The molecular weight excluding hydrogens is 282 g/mol. The molecule has 1 saturated heterocycles. The fourth-order valence-electron chi connectivity index (χ4n) is 2.91. The number of benzene rings is 1. The largest absolute Gasteiger partial charge is 0.497 e. The molecule has 0 radical (unpaired) electrons. The smallest absolute Gasteiger partial charge is 0.230 e. The van der Waals surface area contributed by atoms with Crippen molar-refractivity contribution in [1.29, 1.82) is 0 Å². The molecule has 6 heteroatoms. The first kappa shape index (κ1) is 14.8. The second-order valence-electron chi connectivity index (χ2n) is 5.58. The van der Waals surface area contributed by atoms with Crippen LogP contribution in [0.3, 0.4) is 0 Å². The lowest BCUT2D eigenvalue weighted by atomic mass is 9.98. The summed E-state index contributed by atoms with van der Waals surface area (Å²) in [5, 5.41) is 7.94. The van der Waals surface area contributed by atoms with E-state index < -0.39 is 0 Å². The molecule has 1 aliphatic rings. The van der Waals surface area contributed by atoms with Gasteiger partial charge in [0.05, 0.1) is 20.8 Å². The Labute approximate surface area is 130 Å². The zero-order chi connectivity index (χ0) is 15.5. The minimum absolute atomic E-state index is 0.466. The van der Waals surface area contributed by atoms with Crippen molar-refractivity contribution in [3.05, 3.63) is 35.5 Å². The van der Waals surface area contributed by atoms with Gasteiger partial charge in [0.2, 0.25) is 11.8 Å². The van der Waals surface area contributed by atoms with Gasteiger partial charge in [-0.1, -0.05) is 0 Å². The van der Waals surface area contributed by atoms with Gasteiger partial charge in [-0.15, -0.1) is 10.2 Å². The molecule has 1 aromatic carbocycles. The van der Waals surface area contributed by atoms with E-state index in [4.69, 9.17) is 13.9 Å². The van der Waals surface area contributed by atoms with Crippen molar-refractivity contribution in [2.75, 3.05) is 27.3 Å². The first-order chi connectivity index (χ1) is 10.7. The van der Waals surface area contributed by atoms with E-state index in [0.29, 0.717) is 24.2 Å². The van der Waals surface area contributed by atoms with Crippen LogP contribution in [0.25, 0.3) is 0 Å². The Morgan fingerprint density at radius 3 is 2.50 bits per heavy atom. The average molecular weight is 303 g/mol. The quantitative estimate of drug-likeness (QED) is 0.845. The van der Waals surface area contributed by atoms with E-state index in [1.165, 1.54) is 5.56 Å². The van der Waals surface area contributed by atoms with Crippen LogP contribution >= 0.6 is 0 Å². The third-order valence-corrected chi connectivity index (χ3v) is 4.04. The van der Waals surface area contributed by atoms with Gasteiger partial charge in [0.1, 0.15) is 11.5 Å². The topological polar surface area (TPSA) is 60.6 Å². The highest BCUT2D eigenvalue weighted by Crippen LogP contribution is 2.33. The van der Waals surface area contributed by atoms with Gasteiger partial charge in [-0.2, -0.15) is 0 Å². The first-order valence-electron chi connectivity index (χ1n) is 7.42. The Morgan fingerprint density at radius 1 is 1.18 bits per heavy atom. The molecule has 1 atom stereocenters. The highest BCUT2D eigenvalue weighted by atomic mass is 16.5. The molecular formula is C16H21N3O3. The van der Waals surface area contributed by atoms with Crippen molar-refractivity contribution in [2.24, 2.45) is 0 Å². The first-order valence-corrected chi connectivity index (χ1v) is 7.42. The molecule has 0 amide bonds. The van der Waals surface area contributed by atoms with E-state index in [2.05, 4.69) is 27.2 Å². The van der Waals surface area contributed by atoms with Crippen LogP contribution in [0.1, 0.15) is 29.7 Å². The predicted octanol–water partition coefficient (Wildman–Crippen LogP) is 2.38. The number of likely N-dealkylation sites (tertiary alicyclic amines) is 1. The number of methoxy groups -OCH3 is 2. The molecule has 0 saturated carbocycles. The van der Waals surface area contributed by atoms with Crippen molar-refractivity contribution < 1.29 is 13.9 Å². The fourth-order valence-corrected chi connectivity index (χ4v) is 2.91. The maximum atomic E-state index is 5.46. The van der Waals surface area contributed by atoms with E-state index in [9.17, 15) is 0 Å². The summed E-state index contributed by atoms with van der Waals surface area (Å²) in [6.45, 7) is 4.51. The van der Waals surface area contributed by atoms with Crippen molar-refractivity contribution in [3.63, 3.8) is 0 Å². The number of ether oxygens (including phenoxy) is 2. The number of aryl methyl sites for hydroxylation is 1. The van der Waals surface area contributed by atoms with Gasteiger partial charge in [-0.05, 0) is 36.6 Å². The summed E-state index contributed by atoms with van der Waals surface area (Å²) in [5.74, 6) is 3.43. The Kier molecular flexibility index (Phi) is 4.29. The van der Waals surface area contributed by atoms with Crippen LogP contribution in [-0.2, 0) is 6.54 Å². The molecule has 0 aliphatic carbocycles. The molecule has 0 unspecified atom stereocenters. The minimum Gasteiger partial charge on any atom is -0.497 e. The Hall–Kier alpha value is -2.08. The Morgan fingerprint density at radius 2 is 1.91 bits per heavy atom. The predicted molar refractivity (Wildman–Crippen MR) is 81.2 cm³/mol. The van der Waals surface area contributed by atoms with E-state index in [-0.39, 0.29) is 0 Å². The molecule has 0 spiro atoms. The SMILES string of the molecule is COc1cc(OC)cc([C@@H]2CCN(Cc3nnc(C)o3)C2)c1. The molecule has 0 bridgehead atoms. The molecule has 1 fully saturated rings. The molecule has 0 N–H and O–H groups in total. The van der Waals surface area contributed by atoms with Crippen LogP contribution in [-0.4, -0.2) is 42.4 Å². The number of hydrogen-bond acceptors (Lipinski definition) is 6. The summed E-state index contributed by atoms with van der Waals surface area (Å²) in [5.41, 5.74) is 1.25. The van der Waals surface area contributed by atoms with Gasteiger partial charge >= 0.3 is 0 Å². The summed E-state index contributed by atoms with van der Waals surface area (Å²) >= 11 is 0.